The van der Waals surface area contributed by atoms with Gasteiger partial charge in [0.2, 0.25) is 0 Å². The average Bonchev–Trinajstić information content (AvgIpc) is 2.75. The van der Waals surface area contributed by atoms with Crippen molar-refractivity contribution in [1.82, 2.24) is 5.32 Å². The fourth-order valence-corrected chi connectivity index (χ4v) is 3.77. The summed E-state index contributed by atoms with van der Waals surface area (Å²) in [6, 6.07) is 11.2. The predicted molar refractivity (Wildman–Crippen MR) is 132 cm³/mol. The largest absolute Gasteiger partial charge is 0.494 e. The monoisotopic (exact) mass is 421 g/mol. The molecule has 1 aliphatic rings. The third-order valence-corrected chi connectivity index (χ3v) is 5.84. The lowest BCUT2D eigenvalue weighted by Crippen LogP contribution is -2.34. The molecule has 1 unspecified atom stereocenters. The summed E-state index contributed by atoms with van der Waals surface area (Å²) in [4.78, 5) is 2.22. The summed E-state index contributed by atoms with van der Waals surface area (Å²) in [5.41, 5.74) is 7.89. The van der Waals surface area contributed by atoms with Crippen molar-refractivity contribution in [3.8, 4) is 11.5 Å². The molecule has 166 valence electrons. The molecule has 2 N–H and O–H groups in total. The first-order chi connectivity index (χ1) is 14.9. The number of allylic oxidation sites excluding steroid dienone is 1. The van der Waals surface area contributed by atoms with Gasteiger partial charge in [-0.2, -0.15) is 0 Å². The summed E-state index contributed by atoms with van der Waals surface area (Å²) in [6.07, 6.45) is 6.59. The van der Waals surface area contributed by atoms with Crippen molar-refractivity contribution >= 4 is 22.8 Å². The van der Waals surface area contributed by atoms with Crippen molar-refractivity contribution < 1.29 is 9.47 Å². The number of rotatable bonds is 9. The number of hydrogen-bond donors (Lipinski definition) is 2. The lowest BCUT2D eigenvalue weighted by atomic mass is 9.98. The van der Waals surface area contributed by atoms with E-state index in [4.69, 9.17) is 9.47 Å². The number of benzene rings is 2. The van der Waals surface area contributed by atoms with E-state index in [0.717, 1.165) is 41.4 Å². The summed E-state index contributed by atoms with van der Waals surface area (Å²) in [5, 5.41) is 6.71. The quantitative estimate of drug-likeness (QED) is 0.503. The second kappa shape index (κ2) is 9.82. The topological polar surface area (TPSA) is 45.8 Å². The Morgan fingerprint density at radius 3 is 2.26 bits per heavy atom. The molecule has 0 spiro atoms. The molecule has 0 radical (unpaired) electrons. The average molecular weight is 422 g/mol. The SMILES string of the molecule is CC/C(C)=C\N(c1cc(OC)c(NC)c(OC)c1)c1ccc(C2=CC(CC)N2)cc1C. The van der Waals surface area contributed by atoms with Gasteiger partial charge in [0.15, 0.2) is 0 Å². The highest BCUT2D eigenvalue weighted by molar-refractivity contribution is 5.79. The Morgan fingerprint density at radius 1 is 1.13 bits per heavy atom. The third kappa shape index (κ3) is 4.66. The summed E-state index contributed by atoms with van der Waals surface area (Å²) >= 11 is 0. The number of ether oxygens (including phenoxy) is 2. The lowest BCUT2D eigenvalue weighted by molar-refractivity contribution is 0.398. The second-order valence-electron chi connectivity index (χ2n) is 7.91. The molecular weight excluding hydrogens is 386 g/mol. The molecule has 0 aromatic heterocycles. The van der Waals surface area contributed by atoms with Crippen LogP contribution in [0.4, 0.5) is 17.1 Å². The normalized spacial score (nSPS) is 15.5. The number of aryl methyl sites for hydroxylation is 1. The fraction of sp³-hybridized carbons (Fsp3) is 0.385. The van der Waals surface area contributed by atoms with Crippen molar-refractivity contribution in [3.63, 3.8) is 0 Å². The van der Waals surface area contributed by atoms with Gasteiger partial charge in [-0.05, 0) is 56.0 Å². The molecule has 1 aliphatic heterocycles. The molecule has 31 heavy (non-hydrogen) atoms. The van der Waals surface area contributed by atoms with Gasteiger partial charge in [0.1, 0.15) is 17.2 Å². The third-order valence-electron chi connectivity index (χ3n) is 5.84. The summed E-state index contributed by atoms with van der Waals surface area (Å²) < 4.78 is 11.3. The van der Waals surface area contributed by atoms with E-state index in [-0.39, 0.29) is 0 Å². The summed E-state index contributed by atoms with van der Waals surface area (Å²) in [6.45, 7) is 8.68. The van der Waals surface area contributed by atoms with Crippen molar-refractivity contribution in [3.05, 3.63) is 59.3 Å². The van der Waals surface area contributed by atoms with Gasteiger partial charge in [-0.1, -0.05) is 25.5 Å². The Labute approximate surface area is 186 Å². The maximum absolute atomic E-state index is 5.65. The standard InChI is InChI=1S/C26H35N3O2/c1-8-17(3)16-29(21-14-24(30-6)26(27-5)25(15-21)31-7)23-11-10-19(12-18(23)4)22-13-20(9-2)28-22/h10-16,20,27-28H,8-9H2,1-7H3/b17-16-. The molecular formula is C26H35N3O2. The van der Waals surface area contributed by atoms with Crippen LogP contribution in [0.1, 0.15) is 44.7 Å². The van der Waals surface area contributed by atoms with E-state index in [1.165, 1.54) is 22.4 Å². The first-order valence-electron chi connectivity index (χ1n) is 10.9. The molecule has 0 amide bonds. The van der Waals surface area contributed by atoms with Crippen LogP contribution in [-0.2, 0) is 0 Å². The summed E-state index contributed by atoms with van der Waals surface area (Å²) in [7, 11) is 5.23. The van der Waals surface area contributed by atoms with Crippen LogP contribution in [0.2, 0.25) is 0 Å². The zero-order valence-corrected chi connectivity index (χ0v) is 19.8. The van der Waals surface area contributed by atoms with Crippen LogP contribution in [0.25, 0.3) is 5.70 Å². The van der Waals surface area contributed by atoms with Crippen LogP contribution in [-0.4, -0.2) is 27.3 Å². The second-order valence-corrected chi connectivity index (χ2v) is 7.91. The van der Waals surface area contributed by atoms with Gasteiger partial charge in [0.25, 0.3) is 0 Å². The van der Waals surface area contributed by atoms with E-state index in [1.54, 1.807) is 14.2 Å². The summed E-state index contributed by atoms with van der Waals surface area (Å²) in [5.74, 6) is 1.49. The zero-order chi connectivity index (χ0) is 22.5. The van der Waals surface area contributed by atoms with E-state index in [9.17, 15) is 0 Å². The Kier molecular flexibility index (Phi) is 7.16. The van der Waals surface area contributed by atoms with Crippen molar-refractivity contribution in [1.29, 1.82) is 0 Å². The molecule has 1 heterocycles. The lowest BCUT2D eigenvalue weighted by Gasteiger charge is -2.29. The van der Waals surface area contributed by atoms with Gasteiger partial charge < -0.3 is 25.0 Å². The highest BCUT2D eigenvalue weighted by Crippen LogP contribution is 2.42. The first kappa shape index (κ1) is 22.6. The van der Waals surface area contributed by atoms with Gasteiger partial charge in [-0.15, -0.1) is 0 Å². The van der Waals surface area contributed by atoms with Crippen molar-refractivity contribution in [2.75, 3.05) is 31.5 Å². The van der Waals surface area contributed by atoms with Gasteiger partial charge in [-0.3, -0.25) is 0 Å². The van der Waals surface area contributed by atoms with Gasteiger partial charge in [0, 0.05) is 42.8 Å². The molecule has 0 bridgehead atoms. The number of nitrogens with one attached hydrogen (secondary N) is 2. The maximum Gasteiger partial charge on any atom is 0.147 e. The Morgan fingerprint density at radius 2 is 1.77 bits per heavy atom. The van der Waals surface area contributed by atoms with Crippen LogP contribution >= 0.6 is 0 Å². The zero-order valence-electron chi connectivity index (χ0n) is 19.8. The van der Waals surface area contributed by atoms with E-state index in [0.29, 0.717) is 6.04 Å². The molecule has 0 saturated carbocycles. The molecule has 5 nitrogen and oxygen atoms in total. The smallest absolute Gasteiger partial charge is 0.147 e. The predicted octanol–water partition coefficient (Wildman–Crippen LogP) is 6.23. The maximum atomic E-state index is 5.65. The van der Waals surface area contributed by atoms with Crippen LogP contribution in [0.5, 0.6) is 11.5 Å². The molecule has 2 aromatic rings. The van der Waals surface area contributed by atoms with Gasteiger partial charge in [0.05, 0.1) is 19.9 Å². The molecule has 0 saturated heterocycles. The Hall–Kier alpha value is -3.08. The van der Waals surface area contributed by atoms with Gasteiger partial charge >= 0.3 is 0 Å². The Balaban J connectivity index is 2.09. The first-order valence-corrected chi connectivity index (χ1v) is 10.9. The molecule has 3 rings (SSSR count). The van der Waals surface area contributed by atoms with Crippen LogP contribution < -0.4 is 25.0 Å². The minimum Gasteiger partial charge on any atom is -0.494 e. The molecule has 5 heteroatoms. The van der Waals surface area contributed by atoms with E-state index < -0.39 is 0 Å². The number of anilines is 3. The number of hydrogen-bond acceptors (Lipinski definition) is 5. The minimum absolute atomic E-state index is 0.493. The molecule has 0 aliphatic carbocycles. The van der Waals surface area contributed by atoms with E-state index in [1.807, 2.05) is 19.2 Å². The van der Waals surface area contributed by atoms with E-state index >= 15 is 0 Å². The Bertz CT molecular complexity index is 969. The van der Waals surface area contributed by atoms with Gasteiger partial charge in [-0.25, -0.2) is 0 Å². The molecule has 0 fully saturated rings. The number of methoxy groups -OCH3 is 2. The fourth-order valence-electron chi connectivity index (χ4n) is 3.77. The highest BCUT2D eigenvalue weighted by atomic mass is 16.5. The highest BCUT2D eigenvalue weighted by Gasteiger charge is 2.20. The van der Waals surface area contributed by atoms with Crippen LogP contribution in [0, 0.1) is 6.92 Å². The van der Waals surface area contributed by atoms with Crippen molar-refractivity contribution in [2.45, 2.75) is 46.6 Å². The minimum atomic E-state index is 0.493. The van der Waals surface area contributed by atoms with Crippen LogP contribution in [0.15, 0.2) is 48.2 Å². The molecule has 1 atom stereocenters. The van der Waals surface area contributed by atoms with Crippen molar-refractivity contribution in [2.24, 2.45) is 0 Å². The molecule has 2 aromatic carbocycles. The van der Waals surface area contributed by atoms with E-state index in [2.05, 4.69) is 73.7 Å². The van der Waals surface area contributed by atoms with Crippen LogP contribution in [0.3, 0.4) is 0 Å². The number of nitrogens with zero attached hydrogens (tertiary/aromatic N) is 1.